The van der Waals surface area contributed by atoms with Gasteiger partial charge in [-0.15, -0.1) is 12.4 Å². The van der Waals surface area contributed by atoms with Crippen molar-refractivity contribution in [3.05, 3.63) is 70.7 Å². The number of benzene rings is 2. The van der Waals surface area contributed by atoms with Gasteiger partial charge in [0.2, 0.25) is 0 Å². The van der Waals surface area contributed by atoms with E-state index < -0.39 is 0 Å². The van der Waals surface area contributed by atoms with E-state index in [2.05, 4.69) is 61.5 Å². The molecule has 0 spiro atoms. The fourth-order valence-corrected chi connectivity index (χ4v) is 3.99. The molecule has 0 amide bonds. The monoisotopic (exact) mass is 349 g/mol. The van der Waals surface area contributed by atoms with Crippen molar-refractivity contribution in [3.63, 3.8) is 0 Å². The van der Waals surface area contributed by atoms with E-state index >= 15 is 0 Å². The molecule has 1 unspecified atom stereocenters. The number of hydrogen-bond acceptors (Lipinski definition) is 1. The lowest BCUT2D eigenvalue weighted by Gasteiger charge is -2.51. The van der Waals surface area contributed by atoms with Gasteiger partial charge in [-0.1, -0.05) is 60.5 Å². The molecule has 0 radical (unpaired) electrons. The summed E-state index contributed by atoms with van der Waals surface area (Å²) >= 11 is 6.08. The molecule has 0 bridgehead atoms. The lowest BCUT2D eigenvalue weighted by atomic mass is 9.59. The fourth-order valence-electron chi connectivity index (χ4n) is 3.86. The van der Waals surface area contributed by atoms with Crippen LogP contribution in [0.3, 0.4) is 0 Å². The largest absolute Gasteiger partial charge is 0.305 e. The summed E-state index contributed by atoms with van der Waals surface area (Å²) in [6.45, 7) is 0. The van der Waals surface area contributed by atoms with Crippen LogP contribution in [0.1, 0.15) is 30.4 Å². The molecule has 2 aromatic carbocycles. The van der Waals surface area contributed by atoms with Crippen LogP contribution in [0.25, 0.3) is 0 Å². The van der Waals surface area contributed by atoms with Gasteiger partial charge in [0.1, 0.15) is 0 Å². The number of rotatable bonds is 5. The van der Waals surface area contributed by atoms with Crippen LogP contribution in [0.15, 0.2) is 54.6 Å². The molecule has 1 atom stereocenters. The van der Waals surface area contributed by atoms with Gasteiger partial charge >= 0.3 is 0 Å². The molecule has 0 aliphatic heterocycles. The minimum absolute atomic E-state index is 0. The molecule has 23 heavy (non-hydrogen) atoms. The van der Waals surface area contributed by atoms with Crippen LogP contribution in [-0.4, -0.2) is 25.0 Å². The topological polar surface area (TPSA) is 3.24 Å². The second-order valence-electron chi connectivity index (χ2n) is 6.69. The van der Waals surface area contributed by atoms with Crippen LogP contribution >= 0.6 is 24.0 Å². The van der Waals surface area contributed by atoms with Crippen molar-refractivity contribution in [2.75, 3.05) is 14.1 Å². The highest BCUT2D eigenvalue weighted by atomic mass is 35.5. The summed E-state index contributed by atoms with van der Waals surface area (Å²) in [5.41, 5.74) is 3.13. The van der Waals surface area contributed by atoms with Crippen LogP contribution in [0, 0.1) is 0 Å². The molecular formula is C20H25Cl2N. The summed E-state index contributed by atoms with van der Waals surface area (Å²) < 4.78 is 0. The Morgan fingerprint density at radius 3 is 2.09 bits per heavy atom. The van der Waals surface area contributed by atoms with Crippen molar-refractivity contribution in [1.82, 2.24) is 4.90 Å². The van der Waals surface area contributed by atoms with E-state index in [0.29, 0.717) is 6.04 Å². The summed E-state index contributed by atoms with van der Waals surface area (Å²) in [6.07, 6.45) is 4.95. The predicted molar refractivity (Wildman–Crippen MR) is 102 cm³/mol. The van der Waals surface area contributed by atoms with Gasteiger partial charge in [-0.2, -0.15) is 0 Å². The highest BCUT2D eigenvalue weighted by Gasteiger charge is 2.46. The second kappa shape index (κ2) is 7.70. The van der Waals surface area contributed by atoms with Gasteiger partial charge in [0.05, 0.1) is 0 Å². The summed E-state index contributed by atoms with van der Waals surface area (Å²) in [5.74, 6) is 0. The number of nitrogens with zero attached hydrogens (tertiary/aromatic N) is 1. The molecule has 1 fully saturated rings. The van der Waals surface area contributed by atoms with Crippen molar-refractivity contribution < 1.29 is 0 Å². The molecule has 3 rings (SSSR count). The summed E-state index contributed by atoms with van der Waals surface area (Å²) in [7, 11) is 4.42. The Morgan fingerprint density at radius 1 is 1.00 bits per heavy atom. The highest BCUT2D eigenvalue weighted by molar-refractivity contribution is 6.30. The Kier molecular flexibility index (Phi) is 6.13. The standard InChI is InChI=1S/C20H24ClN.ClH/c1-22(2)19(15-16-7-4-3-5-8-16)20(13-6-14-20)17-9-11-18(21)12-10-17;/h3-5,7-12,19H,6,13-15H2,1-2H3;1H. The molecule has 124 valence electrons. The van der Waals surface area contributed by atoms with E-state index in [9.17, 15) is 0 Å². The molecular weight excluding hydrogens is 325 g/mol. The first-order valence-electron chi connectivity index (χ1n) is 8.08. The van der Waals surface area contributed by atoms with Crippen LogP contribution in [0.4, 0.5) is 0 Å². The SMILES string of the molecule is CN(C)C(Cc1ccccc1)C1(c2ccc(Cl)cc2)CCC1.Cl. The zero-order chi connectivity index (χ0) is 15.6. The average Bonchev–Trinajstić information content (AvgIpc) is 2.48. The van der Waals surface area contributed by atoms with E-state index in [1.807, 2.05) is 12.1 Å². The average molecular weight is 350 g/mol. The smallest absolute Gasteiger partial charge is 0.0406 e. The van der Waals surface area contributed by atoms with E-state index in [1.165, 1.54) is 30.4 Å². The van der Waals surface area contributed by atoms with Crippen molar-refractivity contribution in [2.24, 2.45) is 0 Å². The van der Waals surface area contributed by atoms with Crippen LogP contribution in [-0.2, 0) is 11.8 Å². The summed E-state index contributed by atoms with van der Waals surface area (Å²) in [5, 5.41) is 0.822. The third-order valence-electron chi connectivity index (χ3n) is 5.20. The normalized spacial score (nSPS) is 17.2. The zero-order valence-corrected chi connectivity index (χ0v) is 15.4. The lowest BCUT2D eigenvalue weighted by Crippen LogP contribution is -2.53. The van der Waals surface area contributed by atoms with Gasteiger partial charge in [-0.05, 0) is 56.6 Å². The minimum Gasteiger partial charge on any atom is -0.305 e. The molecule has 1 aliphatic rings. The van der Waals surface area contributed by atoms with Crippen molar-refractivity contribution >= 4 is 24.0 Å². The predicted octanol–water partition coefficient (Wildman–Crippen LogP) is 5.36. The van der Waals surface area contributed by atoms with E-state index in [-0.39, 0.29) is 17.8 Å². The third-order valence-corrected chi connectivity index (χ3v) is 5.45. The maximum absolute atomic E-state index is 6.08. The van der Waals surface area contributed by atoms with Gasteiger partial charge in [-0.3, -0.25) is 0 Å². The third kappa shape index (κ3) is 3.74. The zero-order valence-electron chi connectivity index (χ0n) is 13.8. The molecule has 1 saturated carbocycles. The molecule has 0 N–H and O–H groups in total. The summed E-state index contributed by atoms with van der Waals surface area (Å²) in [6, 6.07) is 19.9. The van der Waals surface area contributed by atoms with Gasteiger partial charge in [0.25, 0.3) is 0 Å². The van der Waals surface area contributed by atoms with Crippen molar-refractivity contribution in [2.45, 2.75) is 37.1 Å². The van der Waals surface area contributed by atoms with E-state index in [4.69, 9.17) is 11.6 Å². The Bertz CT molecular complexity index is 603. The Hall–Kier alpha value is -1.02. The highest BCUT2D eigenvalue weighted by Crippen LogP contribution is 2.48. The number of halogens is 2. The van der Waals surface area contributed by atoms with Gasteiger partial charge in [0.15, 0.2) is 0 Å². The lowest BCUT2D eigenvalue weighted by molar-refractivity contribution is 0.0965. The maximum atomic E-state index is 6.08. The first kappa shape index (κ1) is 18.3. The maximum Gasteiger partial charge on any atom is 0.0406 e. The molecule has 0 aromatic heterocycles. The summed E-state index contributed by atoms with van der Waals surface area (Å²) in [4.78, 5) is 2.40. The van der Waals surface area contributed by atoms with Crippen LogP contribution in [0.2, 0.25) is 5.02 Å². The molecule has 2 aromatic rings. The Labute approximate surface area is 151 Å². The van der Waals surface area contributed by atoms with Crippen LogP contribution in [0.5, 0.6) is 0 Å². The van der Waals surface area contributed by atoms with Crippen molar-refractivity contribution in [1.29, 1.82) is 0 Å². The molecule has 3 heteroatoms. The molecule has 1 nitrogen and oxygen atoms in total. The quantitative estimate of drug-likeness (QED) is 0.702. The van der Waals surface area contributed by atoms with Crippen molar-refractivity contribution in [3.8, 4) is 0 Å². The number of likely N-dealkylation sites (N-methyl/N-ethyl adjacent to an activating group) is 1. The molecule has 0 heterocycles. The number of hydrogen-bond donors (Lipinski definition) is 0. The Morgan fingerprint density at radius 2 is 1.61 bits per heavy atom. The second-order valence-corrected chi connectivity index (χ2v) is 7.12. The van der Waals surface area contributed by atoms with E-state index in [1.54, 1.807) is 0 Å². The van der Waals surface area contributed by atoms with Gasteiger partial charge in [0, 0.05) is 16.5 Å². The van der Waals surface area contributed by atoms with Crippen LogP contribution < -0.4 is 0 Å². The van der Waals surface area contributed by atoms with Gasteiger partial charge < -0.3 is 4.90 Å². The fraction of sp³-hybridized carbons (Fsp3) is 0.400. The van der Waals surface area contributed by atoms with E-state index in [0.717, 1.165) is 11.4 Å². The van der Waals surface area contributed by atoms with Gasteiger partial charge in [-0.25, -0.2) is 0 Å². The minimum atomic E-state index is 0. The first-order valence-corrected chi connectivity index (χ1v) is 8.46. The first-order chi connectivity index (χ1) is 10.6. The molecule has 1 aliphatic carbocycles. The molecule has 0 saturated heterocycles. The Balaban J connectivity index is 0.00000192.